The summed E-state index contributed by atoms with van der Waals surface area (Å²) in [5, 5.41) is 0.743. The Kier molecular flexibility index (Phi) is 3.99. The predicted molar refractivity (Wildman–Crippen MR) is 99.3 cm³/mol. The van der Waals surface area contributed by atoms with E-state index >= 15 is 0 Å². The van der Waals surface area contributed by atoms with Crippen LogP contribution in [0.2, 0.25) is 5.02 Å². The zero-order chi connectivity index (χ0) is 15.1. The van der Waals surface area contributed by atoms with Crippen molar-refractivity contribution in [2.75, 3.05) is 0 Å². The molecule has 0 nitrogen and oxygen atoms in total. The van der Waals surface area contributed by atoms with Crippen molar-refractivity contribution in [2.24, 2.45) is 0 Å². The van der Waals surface area contributed by atoms with Crippen LogP contribution in [0.25, 0.3) is 11.1 Å². The minimum absolute atomic E-state index is 0.743. The third-order valence-corrected chi connectivity index (χ3v) is 6.99. The summed E-state index contributed by atoms with van der Waals surface area (Å²) in [5.41, 5.74) is 2.42. The minimum atomic E-state index is 0.743. The van der Waals surface area contributed by atoms with E-state index in [2.05, 4.69) is 64.5 Å². The number of rotatable bonds is 1. The lowest BCUT2D eigenvalue weighted by molar-refractivity contribution is 1.16. The Morgan fingerprint density at radius 2 is 1.45 bits per heavy atom. The molecule has 1 aliphatic rings. The second kappa shape index (κ2) is 5.97. The van der Waals surface area contributed by atoms with E-state index in [1.54, 1.807) is 0 Å². The third kappa shape index (κ3) is 2.61. The average molecular weight is 406 g/mol. The predicted octanol–water partition coefficient (Wildman–Crippen LogP) is 7.39. The first-order valence-corrected chi connectivity index (χ1v) is 9.56. The van der Waals surface area contributed by atoms with Crippen molar-refractivity contribution in [3.05, 3.63) is 70.2 Å². The van der Waals surface area contributed by atoms with Crippen molar-refractivity contribution in [1.29, 1.82) is 0 Å². The maximum Gasteiger partial charge on any atom is 0.0417 e. The summed E-state index contributed by atoms with van der Waals surface area (Å²) in [6.45, 7) is 0. The van der Waals surface area contributed by atoms with E-state index in [1.807, 2.05) is 35.7 Å². The molecule has 0 amide bonds. The summed E-state index contributed by atoms with van der Waals surface area (Å²) in [6, 6.07) is 21.0. The van der Waals surface area contributed by atoms with E-state index in [1.165, 1.54) is 30.7 Å². The highest BCUT2D eigenvalue weighted by molar-refractivity contribution is 9.10. The molecule has 3 aromatic rings. The van der Waals surface area contributed by atoms with Crippen LogP contribution in [0.1, 0.15) is 0 Å². The smallest absolute Gasteiger partial charge is 0.0417 e. The Hall–Kier alpha value is -0.870. The fourth-order valence-corrected chi connectivity index (χ4v) is 5.76. The van der Waals surface area contributed by atoms with Crippen LogP contribution in [0.4, 0.5) is 0 Å². The Morgan fingerprint density at radius 3 is 2.23 bits per heavy atom. The molecule has 1 aliphatic heterocycles. The highest BCUT2D eigenvalue weighted by Crippen LogP contribution is 2.52. The minimum Gasteiger partial charge on any atom is -0.0877 e. The van der Waals surface area contributed by atoms with Gasteiger partial charge in [-0.25, -0.2) is 0 Å². The maximum absolute atomic E-state index is 6.08. The molecule has 0 radical (unpaired) electrons. The molecule has 0 aliphatic carbocycles. The van der Waals surface area contributed by atoms with Crippen molar-refractivity contribution < 1.29 is 0 Å². The van der Waals surface area contributed by atoms with Crippen molar-refractivity contribution >= 4 is 51.1 Å². The first kappa shape index (κ1) is 14.7. The molecule has 0 saturated heterocycles. The number of hydrogen-bond acceptors (Lipinski definition) is 2. The van der Waals surface area contributed by atoms with E-state index in [0.29, 0.717) is 0 Å². The van der Waals surface area contributed by atoms with Crippen molar-refractivity contribution in [1.82, 2.24) is 0 Å². The van der Waals surface area contributed by atoms with Gasteiger partial charge in [0.1, 0.15) is 0 Å². The van der Waals surface area contributed by atoms with Crippen LogP contribution in [0.15, 0.2) is 84.7 Å². The largest absolute Gasteiger partial charge is 0.0877 e. The molecule has 0 N–H and O–H groups in total. The molecule has 0 fully saturated rings. The summed E-state index contributed by atoms with van der Waals surface area (Å²) in [5.74, 6) is 0. The van der Waals surface area contributed by atoms with Crippen LogP contribution in [0.3, 0.4) is 0 Å². The quantitative estimate of drug-likeness (QED) is 0.324. The van der Waals surface area contributed by atoms with Crippen LogP contribution in [0, 0.1) is 0 Å². The summed E-state index contributed by atoms with van der Waals surface area (Å²) in [4.78, 5) is 5.27. The van der Waals surface area contributed by atoms with Crippen LogP contribution in [-0.2, 0) is 0 Å². The molecule has 0 aromatic heterocycles. The average Bonchev–Trinajstić information content (AvgIpc) is 2.53. The van der Waals surface area contributed by atoms with E-state index in [9.17, 15) is 0 Å². The SMILES string of the molecule is Clc1ccc(-c2cccc3c2Sc2ccccc2S3)c(Br)c1. The Balaban J connectivity index is 1.87. The highest BCUT2D eigenvalue weighted by atomic mass is 79.9. The highest BCUT2D eigenvalue weighted by Gasteiger charge is 2.20. The number of fused-ring (bicyclic) bond motifs is 2. The third-order valence-electron chi connectivity index (χ3n) is 3.48. The van der Waals surface area contributed by atoms with E-state index in [4.69, 9.17) is 11.6 Å². The Morgan fingerprint density at radius 1 is 0.727 bits per heavy atom. The Bertz CT molecular complexity index is 877. The van der Waals surface area contributed by atoms with E-state index < -0.39 is 0 Å². The molecule has 0 unspecified atom stereocenters. The van der Waals surface area contributed by atoms with Crippen molar-refractivity contribution in [3.8, 4) is 11.1 Å². The van der Waals surface area contributed by atoms with Gasteiger partial charge in [-0.15, -0.1) is 0 Å². The van der Waals surface area contributed by atoms with Crippen molar-refractivity contribution in [3.63, 3.8) is 0 Å². The maximum atomic E-state index is 6.08. The van der Waals surface area contributed by atoms with Gasteiger partial charge in [-0.1, -0.05) is 81.4 Å². The van der Waals surface area contributed by atoms with Crippen molar-refractivity contribution in [2.45, 2.75) is 19.6 Å². The number of benzene rings is 3. The molecular weight excluding hydrogens is 396 g/mol. The van der Waals surface area contributed by atoms with Crippen LogP contribution < -0.4 is 0 Å². The second-order valence-electron chi connectivity index (χ2n) is 4.91. The molecule has 0 saturated carbocycles. The first-order chi connectivity index (χ1) is 10.7. The zero-order valence-corrected chi connectivity index (χ0v) is 15.3. The van der Waals surface area contributed by atoms with Gasteiger partial charge >= 0.3 is 0 Å². The van der Waals surface area contributed by atoms with Gasteiger partial charge in [0.2, 0.25) is 0 Å². The van der Waals surface area contributed by atoms with Gasteiger partial charge in [0.25, 0.3) is 0 Å². The van der Waals surface area contributed by atoms with Crippen LogP contribution in [0.5, 0.6) is 0 Å². The van der Waals surface area contributed by atoms with Gasteiger partial charge in [-0.05, 0) is 41.5 Å². The summed E-state index contributed by atoms with van der Waals surface area (Å²) in [7, 11) is 0. The first-order valence-electron chi connectivity index (χ1n) is 6.75. The molecule has 0 atom stereocenters. The molecule has 0 bridgehead atoms. The number of halogens is 2. The van der Waals surface area contributed by atoms with Gasteiger partial charge in [0.05, 0.1) is 0 Å². The lowest BCUT2D eigenvalue weighted by Crippen LogP contribution is -1.92. The fourth-order valence-electron chi connectivity index (χ4n) is 2.47. The second-order valence-corrected chi connectivity index (χ2v) is 8.33. The van der Waals surface area contributed by atoms with Crippen LogP contribution in [-0.4, -0.2) is 0 Å². The molecule has 4 rings (SSSR count). The Labute approximate surface area is 151 Å². The summed E-state index contributed by atoms with van der Waals surface area (Å²) >= 11 is 13.4. The molecule has 108 valence electrons. The molecule has 22 heavy (non-hydrogen) atoms. The zero-order valence-electron chi connectivity index (χ0n) is 11.3. The fraction of sp³-hybridized carbons (Fsp3) is 0. The lowest BCUT2D eigenvalue weighted by atomic mass is 10.1. The molecule has 4 heteroatoms. The lowest BCUT2D eigenvalue weighted by Gasteiger charge is -2.21. The van der Waals surface area contributed by atoms with E-state index in [0.717, 1.165) is 9.50 Å². The normalized spacial score (nSPS) is 12.6. The summed E-state index contributed by atoms with van der Waals surface area (Å²) < 4.78 is 1.03. The van der Waals surface area contributed by atoms with E-state index in [-0.39, 0.29) is 0 Å². The molecule has 3 aromatic carbocycles. The van der Waals surface area contributed by atoms with Gasteiger partial charge in [0.15, 0.2) is 0 Å². The van der Waals surface area contributed by atoms with Gasteiger partial charge in [-0.2, -0.15) is 0 Å². The van der Waals surface area contributed by atoms with Gasteiger partial charge in [-0.3, -0.25) is 0 Å². The standard InChI is InChI=1S/C18H10BrClS2/c19-14-10-11(20)8-9-12(14)13-4-3-7-17-18(13)22-16-6-2-1-5-15(16)21-17/h1-10H. The molecular formula is C18H10BrClS2. The number of hydrogen-bond donors (Lipinski definition) is 0. The monoisotopic (exact) mass is 404 g/mol. The van der Waals surface area contributed by atoms with Crippen LogP contribution >= 0.6 is 51.1 Å². The summed E-state index contributed by atoms with van der Waals surface area (Å²) in [6.07, 6.45) is 0. The van der Waals surface area contributed by atoms with Gasteiger partial charge < -0.3 is 0 Å². The molecule has 1 heterocycles. The van der Waals surface area contributed by atoms with Gasteiger partial charge in [0, 0.05) is 29.1 Å². The topological polar surface area (TPSA) is 0 Å². The molecule has 0 spiro atoms.